The van der Waals surface area contributed by atoms with Crippen molar-refractivity contribution in [2.75, 3.05) is 17.3 Å². The fraction of sp³-hybridized carbons (Fsp3) is 0.0625. The number of para-hydroxylation sites is 1. The van der Waals surface area contributed by atoms with Crippen molar-refractivity contribution in [3.63, 3.8) is 0 Å². The Labute approximate surface area is 143 Å². The normalized spacial score (nSPS) is 10.4. The predicted molar refractivity (Wildman–Crippen MR) is 94.1 cm³/mol. The van der Waals surface area contributed by atoms with Crippen LogP contribution in [0.1, 0.15) is 0 Å². The summed E-state index contributed by atoms with van der Waals surface area (Å²) < 4.78 is 0. The number of nitrogens with zero attached hydrogens (tertiary/aromatic N) is 4. The molecule has 1 N–H and O–H groups in total. The first-order valence-electron chi connectivity index (χ1n) is 6.84. The summed E-state index contributed by atoms with van der Waals surface area (Å²) in [5, 5.41) is 12.3. The van der Waals surface area contributed by atoms with Gasteiger partial charge in [-0.3, -0.25) is 0 Å². The Hall–Kier alpha value is -2.37. The highest BCUT2D eigenvalue weighted by Gasteiger charge is 2.09. The van der Waals surface area contributed by atoms with E-state index in [4.69, 9.17) is 23.2 Å². The average Bonchev–Trinajstić information content (AvgIpc) is 2.58. The van der Waals surface area contributed by atoms with Crippen molar-refractivity contribution >= 4 is 46.3 Å². The Morgan fingerprint density at radius 1 is 1.04 bits per heavy atom. The highest BCUT2D eigenvalue weighted by molar-refractivity contribution is 6.36. The van der Waals surface area contributed by atoms with Crippen LogP contribution < -0.4 is 10.2 Å². The van der Waals surface area contributed by atoms with Gasteiger partial charge in [0.25, 0.3) is 5.95 Å². The lowest BCUT2D eigenvalue weighted by molar-refractivity contribution is 0.932. The fourth-order valence-corrected chi connectivity index (χ4v) is 2.45. The van der Waals surface area contributed by atoms with Crippen LogP contribution in [-0.2, 0) is 0 Å². The summed E-state index contributed by atoms with van der Waals surface area (Å²) in [5.41, 5.74) is 1.67. The van der Waals surface area contributed by atoms with E-state index in [0.717, 1.165) is 5.69 Å². The monoisotopic (exact) mass is 345 g/mol. The molecule has 0 aliphatic heterocycles. The topological polar surface area (TPSA) is 53.9 Å². The summed E-state index contributed by atoms with van der Waals surface area (Å²) in [6.45, 7) is 0. The highest BCUT2D eigenvalue weighted by atomic mass is 35.5. The smallest absolute Gasteiger partial charge is 0.251 e. The summed E-state index contributed by atoms with van der Waals surface area (Å²) in [7, 11) is 1.88. The third kappa shape index (κ3) is 3.70. The maximum Gasteiger partial charge on any atom is 0.251 e. The molecule has 3 rings (SSSR count). The third-order valence-corrected chi connectivity index (χ3v) is 3.73. The van der Waals surface area contributed by atoms with Gasteiger partial charge < -0.3 is 10.2 Å². The number of halogens is 2. The molecule has 1 aromatic heterocycles. The van der Waals surface area contributed by atoms with Crippen LogP contribution in [0.15, 0.2) is 54.7 Å². The molecule has 7 heteroatoms. The molecule has 0 saturated carbocycles. The highest BCUT2D eigenvalue weighted by Crippen LogP contribution is 2.28. The Bertz CT molecular complexity index is 811. The predicted octanol–water partition coefficient (Wildman–Crippen LogP) is 4.69. The second-order valence-electron chi connectivity index (χ2n) is 4.79. The zero-order valence-corrected chi connectivity index (χ0v) is 13.8. The van der Waals surface area contributed by atoms with E-state index in [2.05, 4.69) is 20.5 Å². The molecule has 116 valence electrons. The van der Waals surface area contributed by atoms with E-state index in [-0.39, 0.29) is 0 Å². The molecule has 0 atom stereocenters. The van der Waals surface area contributed by atoms with E-state index in [1.807, 2.05) is 42.3 Å². The number of hydrogen-bond donors (Lipinski definition) is 1. The van der Waals surface area contributed by atoms with Crippen LogP contribution in [0.3, 0.4) is 0 Å². The Morgan fingerprint density at radius 3 is 2.57 bits per heavy atom. The largest absolute Gasteiger partial charge is 0.338 e. The van der Waals surface area contributed by atoms with Crippen molar-refractivity contribution in [3.05, 3.63) is 64.8 Å². The Morgan fingerprint density at radius 2 is 1.83 bits per heavy atom. The van der Waals surface area contributed by atoms with Crippen molar-refractivity contribution in [2.24, 2.45) is 0 Å². The van der Waals surface area contributed by atoms with Crippen LogP contribution in [0.2, 0.25) is 10.0 Å². The van der Waals surface area contributed by atoms with Gasteiger partial charge in [-0.2, -0.15) is 10.1 Å². The van der Waals surface area contributed by atoms with E-state index in [0.29, 0.717) is 27.5 Å². The molecule has 23 heavy (non-hydrogen) atoms. The standard InChI is InChI=1S/C16H13Cl2N5/c1-23(12-5-3-2-4-6-12)16-21-15(10-19-22-16)20-14-8-7-11(17)9-13(14)18/h2-10H,1H3,(H,20,21,22). The quantitative estimate of drug-likeness (QED) is 0.743. The molecule has 0 aliphatic rings. The zero-order valence-electron chi connectivity index (χ0n) is 12.2. The maximum absolute atomic E-state index is 6.16. The van der Waals surface area contributed by atoms with Gasteiger partial charge in [0.15, 0.2) is 5.82 Å². The van der Waals surface area contributed by atoms with Crippen molar-refractivity contribution in [1.82, 2.24) is 15.2 Å². The molecule has 5 nitrogen and oxygen atoms in total. The first kappa shape index (κ1) is 15.5. The molecule has 0 amide bonds. The number of aromatic nitrogens is 3. The molecule has 1 heterocycles. The zero-order chi connectivity index (χ0) is 16.2. The minimum absolute atomic E-state index is 0.478. The maximum atomic E-state index is 6.16. The summed E-state index contributed by atoms with van der Waals surface area (Å²) in [6.07, 6.45) is 1.53. The number of nitrogens with one attached hydrogen (secondary N) is 1. The van der Waals surface area contributed by atoms with Gasteiger partial charge in [0.2, 0.25) is 0 Å². The SMILES string of the molecule is CN(c1ccccc1)c1nncc(Nc2ccc(Cl)cc2Cl)n1. The van der Waals surface area contributed by atoms with Crippen molar-refractivity contribution in [3.8, 4) is 0 Å². The molecule has 0 radical (unpaired) electrons. The molecule has 0 saturated heterocycles. The van der Waals surface area contributed by atoms with Gasteiger partial charge in [-0.1, -0.05) is 41.4 Å². The lowest BCUT2D eigenvalue weighted by atomic mass is 10.3. The summed E-state index contributed by atoms with van der Waals surface area (Å²) in [6, 6.07) is 15.0. The van der Waals surface area contributed by atoms with Gasteiger partial charge in [0.1, 0.15) is 0 Å². The molecular weight excluding hydrogens is 333 g/mol. The van der Waals surface area contributed by atoms with Crippen LogP contribution in [-0.4, -0.2) is 22.2 Å². The van der Waals surface area contributed by atoms with Gasteiger partial charge >= 0.3 is 0 Å². The first-order chi connectivity index (χ1) is 11.1. The minimum Gasteiger partial charge on any atom is -0.338 e. The summed E-state index contributed by atoms with van der Waals surface area (Å²) in [5.74, 6) is 1.02. The Balaban J connectivity index is 1.85. The van der Waals surface area contributed by atoms with E-state index < -0.39 is 0 Å². The second-order valence-corrected chi connectivity index (χ2v) is 5.63. The van der Waals surface area contributed by atoms with Crippen molar-refractivity contribution < 1.29 is 0 Å². The number of anilines is 4. The van der Waals surface area contributed by atoms with Gasteiger partial charge in [0.05, 0.1) is 16.9 Å². The van der Waals surface area contributed by atoms with Crippen LogP contribution in [0, 0.1) is 0 Å². The summed E-state index contributed by atoms with van der Waals surface area (Å²) >= 11 is 12.1. The fourth-order valence-electron chi connectivity index (χ4n) is 1.99. The van der Waals surface area contributed by atoms with E-state index in [1.165, 1.54) is 6.20 Å². The van der Waals surface area contributed by atoms with Crippen LogP contribution in [0.4, 0.5) is 23.1 Å². The molecule has 0 unspecified atom stereocenters. The molecule has 0 spiro atoms. The number of rotatable bonds is 4. The van der Waals surface area contributed by atoms with Gasteiger partial charge in [-0.05, 0) is 30.3 Å². The minimum atomic E-state index is 0.478. The van der Waals surface area contributed by atoms with Gasteiger partial charge in [-0.25, -0.2) is 0 Å². The number of benzene rings is 2. The molecule has 0 fully saturated rings. The van der Waals surface area contributed by atoms with Crippen LogP contribution in [0.5, 0.6) is 0 Å². The lowest BCUT2D eigenvalue weighted by Crippen LogP contribution is -2.14. The van der Waals surface area contributed by atoms with E-state index in [1.54, 1.807) is 18.2 Å². The average molecular weight is 346 g/mol. The molecule has 0 bridgehead atoms. The molecular formula is C16H13Cl2N5. The lowest BCUT2D eigenvalue weighted by Gasteiger charge is -2.17. The summed E-state index contributed by atoms with van der Waals surface area (Å²) in [4.78, 5) is 6.31. The Kier molecular flexibility index (Phi) is 4.60. The van der Waals surface area contributed by atoms with E-state index in [9.17, 15) is 0 Å². The molecule has 3 aromatic rings. The van der Waals surface area contributed by atoms with Crippen LogP contribution in [0.25, 0.3) is 0 Å². The van der Waals surface area contributed by atoms with Crippen LogP contribution >= 0.6 is 23.2 Å². The van der Waals surface area contributed by atoms with E-state index >= 15 is 0 Å². The third-order valence-electron chi connectivity index (χ3n) is 3.19. The van der Waals surface area contributed by atoms with Crippen molar-refractivity contribution in [2.45, 2.75) is 0 Å². The number of hydrogen-bond acceptors (Lipinski definition) is 5. The van der Waals surface area contributed by atoms with Gasteiger partial charge in [0, 0.05) is 17.8 Å². The molecule has 0 aliphatic carbocycles. The van der Waals surface area contributed by atoms with Gasteiger partial charge in [-0.15, -0.1) is 5.10 Å². The first-order valence-corrected chi connectivity index (χ1v) is 7.59. The second kappa shape index (κ2) is 6.81. The molecule has 2 aromatic carbocycles. The van der Waals surface area contributed by atoms with Crippen molar-refractivity contribution in [1.29, 1.82) is 0 Å².